The van der Waals surface area contributed by atoms with E-state index in [0.717, 1.165) is 31.7 Å². The number of fused-ring (bicyclic) bond motifs is 4. The molecule has 8 heteroatoms. The summed E-state index contributed by atoms with van der Waals surface area (Å²) in [6.45, 7) is 3.06. The van der Waals surface area contributed by atoms with Gasteiger partial charge in [-0.05, 0) is 18.4 Å². The van der Waals surface area contributed by atoms with Gasteiger partial charge in [0.2, 0.25) is 0 Å². The highest BCUT2D eigenvalue weighted by Crippen LogP contribution is 2.34. The molecule has 1 fully saturated rings. The lowest BCUT2D eigenvalue weighted by atomic mass is 9.83. The van der Waals surface area contributed by atoms with E-state index in [4.69, 9.17) is 0 Å². The Labute approximate surface area is 139 Å². The van der Waals surface area contributed by atoms with Gasteiger partial charge in [0.05, 0.1) is 6.21 Å². The number of β-amino-alcohol motifs (C(OH)–C–C–N with tert-alkyl or cyclic N) is 1. The highest BCUT2D eigenvalue weighted by molar-refractivity contribution is 5.62. The number of piperidine rings is 1. The lowest BCUT2D eigenvalue weighted by Gasteiger charge is -2.43. The Hall–Kier alpha value is -2.32. The van der Waals surface area contributed by atoms with Crippen LogP contribution in [0.4, 0.5) is 0 Å². The van der Waals surface area contributed by atoms with Gasteiger partial charge in [0.15, 0.2) is 0 Å². The summed E-state index contributed by atoms with van der Waals surface area (Å²) < 4.78 is 3.37. The van der Waals surface area contributed by atoms with Gasteiger partial charge in [0, 0.05) is 43.9 Å². The van der Waals surface area contributed by atoms with E-state index in [-0.39, 0.29) is 5.56 Å². The molecular formula is C16H20N6O2. The van der Waals surface area contributed by atoms with Gasteiger partial charge in [-0.15, -0.1) is 10.2 Å². The van der Waals surface area contributed by atoms with Crippen LogP contribution in [0.5, 0.6) is 0 Å². The molecule has 0 amide bonds. The van der Waals surface area contributed by atoms with Gasteiger partial charge >= 0.3 is 0 Å². The van der Waals surface area contributed by atoms with E-state index in [0.29, 0.717) is 18.4 Å². The van der Waals surface area contributed by atoms with Gasteiger partial charge in [-0.1, -0.05) is 6.07 Å². The smallest absolute Gasteiger partial charge is 0.250 e. The molecule has 0 spiro atoms. The van der Waals surface area contributed by atoms with Crippen molar-refractivity contribution in [2.75, 3.05) is 19.6 Å². The normalized spacial score (nSPS) is 24.9. The summed E-state index contributed by atoms with van der Waals surface area (Å²) in [7, 11) is 0. The largest absolute Gasteiger partial charge is 0.386 e. The number of aliphatic hydroxyl groups is 1. The van der Waals surface area contributed by atoms with Crippen molar-refractivity contribution in [3.05, 3.63) is 46.9 Å². The third kappa shape index (κ3) is 3.02. The molecule has 2 aromatic rings. The summed E-state index contributed by atoms with van der Waals surface area (Å²) in [4.78, 5) is 14.3. The van der Waals surface area contributed by atoms with Crippen molar-refractivity contribution in [3.8, 4) is 0 Å². The SMILES string of the molecule is O=c1cccc2n1CC1CC2CN(CC(O)C=Nn2cnnc2)C1. The minimum Gasteiger partial charge on any atom is -0.386 e. The molecular weight excluding hydrogens is 308 g/mol. The topological polar surface area (TPSA) is 88.5 Å². The number of aliphatic hydroxyl groups excluding tert-OH is 1. The molecule has 4 heterocycles. The Morgan fingerprint density at radius 1 is 1.29 bits per heavy atom. The van der Waals surface area contributed by atoms with Crippen LogP contribution in [0.2, 0.25) is 0 Å². The molecule has 2 bridgehead atoms. The first-order valence-electron chi connectivity index (χ1n) is 8.18. The predicted octanol–water partition coefficient (Wildman–Crippen LogP) is -0.246. The molecule has 4 rings (SSSR count). The Kier molecular flexibility index (Phi) is 3.99. The molecule has 0 aromatic carbocycles. The fourth-order valence-electron chi connectivity index (χ4n) is 3.87. The van der Waals surface area contributed by atoms with Gasteiger partial charge in [-0.3, -0.25) is 9.69 Å². The van der Waals surface area contributed by atoms with Crippen molar-refractivity contribution in [3.63, 3.8) is 0 Å². The van der Waals surface area contributed by atoms with Crippen LogP contribution in [0, 0.1) is 5.92 Å². The van der Waals surface area contributed by atoms with Crippen LogP contribution >= 0.6 is 0 Å². The molecule has 2 aliphatic heterocycles. The fraction of sp³-hybridized carbons (Fsp3) is 0.500. The summed E-state index contributed by atoms with van der Waals surface area (Å²) in [5, 5.41) is 21.6. The molecule has 8 nitrogen and oxygen atoms in total. The number of rotatable bonds is 4. The lowest BCUT2D eigenvalue weighted by Crippen LogP contribution is -2.49. The van der Waals surface area contributed by atoms with E-state index < -0.39 is 6.10 Å². The van der Waals surface area contributed by atoms with Gasteiger partial charge in [0.25, 0.3) is 5.56 Å². The third-order valence-electron chi connectivity index (χ3n) is 4.78. The summed E-state index contributed by atoms with van der Waals surface area (Å²) in [6, 6.07) is 5.53. The molecule has 2 aromatic heterocycles. The van der Waals surface area contributed by atoms with Crippen molar-refractivity contribution >= 4 is 6.21 Å². The summed E-state index contributed by atoms with van der Waals surface area (Å²) in [5.74, 6) is 0.812. The number of likely N-dealkylation sites (tertiary alicyclic amines) is 1. The maximum absolute atomic E-state index is 12.0. The fourth-order valence-corrected chi connectivity index (χ4v) is 3.87. The molecule has 3 unspecified atom stereocenters. The summed E-state index contributed by atoms with van der Waals surface area (Å²) in [5.41, 5.74) is 1.22. The van der Waals surface area contributed by atoms with E-state index in [1.165, 1.54) is 23.5 Å². The molecule has 3 atom stereocenters. The Balaban J connectivity index is 1.43. The predicted molar refractivity (Wildman–Crippen MR) is 87.9 cm³/mol. The zero-order chi connectivity index (χ0) is 16.5. The van der Waals surface area contributed by atoms with Crippen molar-refractivity contribution < 1.29 is 5.11 Å². The van der Waals surface area contributed by atoms with E-state index in [2.05, 4.69) is 26.3 Å². The van der Waals surface area contributed by atoms with Crippen LogP contribution in [0.3, 0.4) is 0 Å². The maximum Gasteiger partial charge on any atom is 0.250 e. The number of aromatic nitrogens is 4. The van der Waals surface area contributed by atoms with E-state index in [1.54, 1.807) is 6.07 Å². The van der Waals surface area contributed by atoms with Crippen molar-refractivity contribution in [1.29, 1.82) is 0 Å². The van der Waals surface area contributed by atoms with Gasteiger partial charge < -0.3 is 9.67 Å². The first kappa shape index (κ1) is 15.2. The molecule has 24 heavy (non-hydrogen) atoms. The van der Waals surface area contributed by atoms with Crippen LogP contribution in [-0.4, -0.2) is 61.4 Å². The lowest BCUT2D eigenvalue weighted by molar-refractivity contribution is 0.0867. The first-order valence-corrected chi connectivity index (χ1v) is 8.18. The Morgan fingerprint density at radius 3 is 2.96 bits per heavy atom. The van der Waals surface area contributed by atoms with Crippen molar-refractivity contribution in [2.45, 2.75) is 25.0 Å². The highest BCUT2D eigenvalue weighted by Gasteiger charge is 2.34. The molecule has 0 radical (unpaired) electrons. The number of hydrogen-bond donors (Lipinski definition) is 1. The van der Waals surface area contributed by atoms with E-state index >= 15 is 0 Å². The monoisotopic (exact) mass is 328 g/mol. The van der Waals surface area contributed by atoms with Crippen LogP contribution < -0.4 is 5.56 Å². The molecule has 1 N–H and O–H groups in total. The van der Waals surface area contributed by atoms with Gasteiger partial charge in [-0.25, -0.2) is 4.68 Å². The number of hydrogen-bond acceptors (Lipinski definition) is 6. The quantitative estimate of drug-likeness (QED) is 0.782. The van der Waals surface area contributed by atoms with Crippen molar-refractivity contribution in [1.82, 2.24) is 24.3 Å². The molecule has 1 saturated heterocycles. The van der Waals surface area contributed by atoms with E-state index in [9.17, 15) is 9.90 Å². The van der Waals surface area contributed by atoms with Gasteiger partial charge in [-0.2, -0.15) is 5.10 Å². The van der Waals surface area contributed by atoms with Gasteiger partial charge in [0.1, 0.15) is 18.8 Å². The van der Waals surface area contributed by atoms with E-state index in [1.807, 2.05) is 10.6 Å². The highest BCUT2D eigenvalue weighted by atomic mass is 16.3. The minimum absolute atomic E-state index is 0.0942. The molecule has 126 valence electrons. The number of nitrogens with zero attached hydrogens (tertiary/aromatic N) is 6. The maximum atomic E-state index is 12.0. The standard InChI is InChI=1S/C16H20N6O2/c23-14(5-19-21-10-17-18-11-21)9-20-6-12-4-13(8-20)15-2-1-3-16(24)22(15)7-12/h1-3,5,10-14,23H,4,6-9H2. The molecule has 2 aliphatic rings. The number of pyridine rings is 1. The first-order chi connectivity index (χ1) is 11.7. The third-order valence-corrected chi connectivity index (χ3v) is 4.78. The molecule has 0 saturated carbocycles. The summed E-state index contributed by atoms with van der Waals surface area (Å²) >= 11 is 0. The van der Waals surface area contributed by atoms with Crippen LogP contribution in [0.15, 0.2) is 40.7 Å². The second-order valence-electron chi connectivity index (χ2n) is 6.59. The Morgan fingerprint density at radius 2 is 2.12 bits per heavy atom. The van der Waals surface area contributed by atoms with Crippen LogP contribution in [0.1, 0.15) is 18.0 Å². The van der Waals surface area contributed by atoms with Crippen LogP contribution in [-0.2, 0) is 6.54 Å². The average Bonchev–Trinajstić information content (AvgIpc) is 3.07. The van der Waals surface area contributed by atoms with Crippen molar-refractivity contribution in [2.24, 2.45) is 11.0 Å². The Bertz CT molecular complexity index is 784. The molecule has 0 aliphatic carbocycles. The second-order valence-corrected chi connectivity index (χ2v) is 6.59. The summed E-state index contributed by atoms with van der Waals surface area (Å²) in [6.07, 6.45) is 4.92. The average molecular weight is 328 g/mol. The minimum atomic E-state index is -0.649. The zero-order valence-corrected chi connectivity index (χ0v) is 13.3. The zero-order valence-electron chi connectivity index (χ0n) is 13.3. The van der Waals surface area contributed by atoms with Crippen LogP contribution in [0.25, 0.3) is 0 Å². The second kappa shape index (κ2) is 6.29.